The molecule has 2 atom stereocenters. The number of nitrogens with one attached hydrogen (secondary N) is 1. The molecule has 1 fully saturated rings. The predicted octanol–water partition coefficient (Wildman–Crippen LogP) is 2.60. The van der Waals surface area contributed by atoms with Gasteiger partial charge in [0.1, 0.15) is 0 Å². The maximum absolute atomic E-state index is 13.0. The number of halogens is 3. The molecule has 0 aliphatic carbocycles. The van der Waals surface area contributed by atoms with Crippen molar-refractivity contribution in [3.05, 3.63) is 34.4 Å². The molecule has 2 heterocycles. The number of aryl methyl sites for hydroxylation is 1. The second kappa shape index (κ2) is 3.96. The fourth-order valence-electron chi connectivity index (χ4n) is 2.92. The van der Waals surface area contributed by atoms with Gasteiger partial charge in [-0.2, -0.15) is 13.2 Å². The van der Waals surface area contributed by atoms with Crippen LogP contribution in [0.15, 0.2) is 12.1 Å². The lowest BCUT2D eigenvalue weighted by Gasteiger charge is -2.30. The first-order valence-electron chi connectivity index (χ1n) is 6.00. The highest BCUT2D eigenvalue weighted by molar-refractivity contribution is 5.44. The Labute approximate surface area is 103 Å². The fraction of sp³-hybridized carbons (Fsp3) is 0.538. The van der Waals surface area contributed by atoms with Crippen LogP contribution >= 0.6 is 0 Å². The molecule has 2 aliphatic rings. The summed E-state index contributed by atoms with van der Waals surface area (Å²) in [4.78, 5) is 0. The zero-order valence-corrected chi connectivity index (χ0v) is 9.97. The third-order valence-electron chi connectivity index (χ3n) is 3.73. The second-order valence-corrected chi connectivity index (χ2v) is 4.99. The molecule has 0 amide bonds. The minimum absolute atomic E-state index is 0.0142. The molecule has 0 bridgehead atoms. The average molecular weight is 257 g/mol. The largest absolute Gasteiger partial charge is 0.416 e. The minimum atomic E-state index is -4.31. The van der Waals surface area contributed by atoms with Crippen molar-refractivity contribution in [2.45, 2.75) is 31.7 Å². The van der Waals surface area contributed by atoms with Crippen LogP contribution < -0.4 is 5.32 Å². The highest BCUT2D eigenvalue weighted by Gasteiger charge is 2.40. The van der Waals surface area contributed by atoms with Crippen LogP contribution in [0, 0.1) is 6.92 Å². The number of fused-ring (bicyclic) bond motifs is 3. The van der Waals surface area contributed by atoms with Gasteiger partial charge in [0.25, 0.3) is 0 Å². The maximum Gasteiger partial charge on any atom is 0.416 e. The van der Waals surface area contributed by atoms with Gasteiger partial charge in [-0.1, -0.05) is 11.6 Å². The predicted molar refractivity (Wildman–Crippen MR) is 60.4 cm³/mol. The lowest BCUT2D eigenvalue weighted by molar-refractivity contribution is -0.139. The highest BCUT2D eigenvalue weighted by Crippen LogP contribution is 2.41. The molecule has 1 N–H and O–H groups in total. The number of benzene rings is 1. The molecule has 2 aliphatic heterocycles. The van der Waals surface area contributed by atoms with Crippen molar-refractivity contribution < 1.29 is 17.9 Å². The summed E-state index contributed by atoms with van der Waals surface area (Å²) in [6, 6.07) is 3.09. The monoisotopic (exact) mass is 257 g/mol. The quantitative estimate of drug-likeness (QED) is 0.771. The minimum Gasteiger partial charge on any atom is -0.372 e. The van der Waals surface area contributed by atoms with Crippen LogP contribution in [0.25, 0.3) is 0 Å². The van der Waals surface area contributed by atoms with Gasteiger partial charge in [0.15, 0.2) is 0 Å². The fourth-order valence-corrected chi connectivity index (χ4v) is 2.92. The van der Waals surface area contributed by atoms with E-state index in [0.29, 0.717) is 17.7 Å². The molecule has 0 saturated carbocycles. The standard InChI is InChI=1S/C13H14F3NO/c1-7-2-8-9-4-17-5-12(9)18-6-10(8)11(3-7)13(14,15)16/h2-3,9,12,17H,4-6H2,1H3. The van der Waals surface area contributed by atoms with Crippen molar-refractivity contribution in [3.63, 3.8) is 0 Å². The third-order valence-corrected chi connectivity index (χ3v) is 3.73. The molecule has 1 aromatic rings. The van der Waals surface area contributed by atoms with Gasteiger partial charge in [-0.25, -0.2) is 0 Å². The van der Waals surface area contributed by atoms with Crippen LogP contribution in [-0.4, -0.2) is 19.2 Å². The third kappa shape index (κ3) is 1.82. The van der Waals surface area contributed by atoms with Gasteiger partial charge in [0.05, 0.1) is 18.3 Å². The first-order chi connectivity index (χ1) is 8.47. The van der Waals surface area contributed by atoms with Crippen LogP contribution in [0.5, 0.6) is 0 Å². The maximum atomic E-state index is 13.0. The molecule has 0 radical (unpaired) electrons. The molecule has 1 saturated heterocycles. The summed E-state index contributed by atoms with van der Waals surface area (Å²) < 4.78 is 44.6. The van der Waals surface area contributed by atoms with Crippen molar-refractivity contribution in [3.8, 4) is 0 Å². The summed E-state index contributed by atoms with van der Waals surface area (Å²) >= 11 is 0. The van der Waals surface area contributed by atoms with Gasteiger partial charge in [-0.3, -0.25) is 0 Å². The normalized spacial score (nSPS) is 26.9. The molecule has 98 valence electrons. The summed E-state index contributed by atoms with van der Waals surface area (Å²) in [5, 5.41) is 3.18. The molecule has 0 spiro atoms. The van der Waals surface area contributed by atoms with Gasteiger partial charge in [0.2, 0.25) is 0 Å². The lowest BCUT2D eigenvalue weighted by Crippen LogP contribution is -2.29. The first-order valence-corrected chi connectivity index (χ1v) is 6.00. The molecular formula is C13H14F3NO. The molecule has 18 heavy (non-hydrogen) atoms. The number of rotatable bonds is 0. The van der Waals surface area contributed by atoms with Crippen LogP contribution in [0.4, 0.5) is 13.2 Å². The van der Waals surface area contributed by atoms with Gasteiger partial charge in [-0.15, -0.1) is 0 Å². The Morgan fingerprint density at radius 1 is 1.28 bits per heavy atom. The molecule has 0 aromatic heterocycles. The van der Waals surface area contributed by atoms with E-state index in [0.717, 1.165) is 12.1 Å². The Morgan fingerprint density at radius 3 is 2.78 bits per heavy atom. The highest BCUT2D eigenvalue weighted by atomic mass is 19.4. The van der Waals surface area contributed by atoms with E-state index in [-0.39, 0.29) is 18.6 Å². The first kappa shape index (κ1) is 12.0. The number of alkyl halides is 3. The SMILES string of the molecule is Cc1cc2c(c(C(F)(F)F)c1)COC1CNCC21. The van der Waals surface area contributed by atoms with E-state index in [1.54, 1.807) is 6.92 Å². The summed E-state index contributed by atoms with van der Waals surface area (Å²) in [6.07, 6.45) is -4.29. The zero-order valence-electron chi connectivity index (χ0n) is 9.97. The topological polar surface area (TPSA) is 21.3 Å². The van der Waals surface area contributed by atoms with Gasteiger partial charge < -0.3 is 10.1 Å². The molecule has 2 nitrogen and oxygen atoms in total. The lowest BCUT2D eigenvalue weighted by atomic mass is 9.85. The Bertz CT molecular complexity index is 484. The van der Waals surface area contributed by atoms with E-state index in [1.165, 1.54) is 6.07 Å². The number of hydrogen-bond acceptors (Lipinski definition) is 2. The van der Waals surface area contributed by atoms with E-state index in [9.17, 15) is 13.2 Å². The summed E-state index contributed by atoms with van der Waals surface area (Å²) in [5.41, 5.74) is 1.25. The number of hydrogen-bond donors (Lipinski definition) is 1. The van der Waals surface area contributed by atoms with Crippen LogP contribution in [0.1, 0.15) is 28.2 Å². The van der Waals surface area contributed by atoms with Gasteiger partial charge in [-0.05, 0) is 24.1 Å². The van der Waals surface area contributed by atoms with Crippen LogP contribution in [-0.2, 0) is 17.5 Å². The molecule has 5 heteroatoms. The smallest absolute Gasteiger partial charge is 0.372 e. The zero-order chi connectivity index (χ0) is 12.9. The van der Waals surface area contributed by atoms with Crippen molar-refractivity contribution in [1.82, 2.24) is 5.32 Å². The van der Waals surface area contributed by atoms with Gasteiger partial charge >= 0.3 is 6.18 Å². The Morgan fingerprint density at radius 2 is 2.06 bits per heavy atom. The van der Waals surface area contributed by atoms with Crippen LogP contribution in [0.2, 0.25) is 0 Å². The van der Waals surface area contributed by atoms with E-state index in [2.05, 4.69) is 5.32 Å². The second-order valence-electron chi connectivity index (χ2n) is 4.99. The van der Waals surface area contributed by atoms with E-state index in [4.69, 9.17) is 4.74 Å². The molecule has 1 aromatic carbocycles. The molecule has 3 rings (SSSR count). The number of ether oxygens (including phenoxy) is 1. The Hall–Kier alpha value is -1.07. The van der Waals surface area contributed by atoms with Crippen molar-refractivity contribution in [2.24, 2.45) is 0 Å². The summed E-state index contributed by atoms with van der Waals surface area (Å²) in [5.74, 6) is 0.0507. The Balaban J connectivity index is 2.15. The van der Waals surface area contributed by atoms with E-state index < -0.39 is 11.7 Å². The van der Waals surface area contributed by atoms with Crippen molar-refractivity contribution in [2.75, 3.05) is 13.1 Å². The average Bonchev–Trinajstić information content (AvgIpc) is 2.74. The van der Waals surface area contributed by atoms with E-state index >= 15 is 0 Å². The Kier molecular flexibility index (Phi) is 2.64. The van der Waals surface area contributed by atoms with Crippen LogP contribution in [0.3, 0.4) is 0 Å². The molecular weight excluding hydrogens is 243 g/mol. The van der Waals surface area contributed by atoms with Crippen molar-refractivity contribution >= 4 is 0 Å². The molecule has 2 unspecified atom stereocenters. The van der Waals surface area contributed by atoms with E-state index in [1.807, 2.05) is 6.07 Å². The summed E-state index contributed by atoms with van der Waals surface area (Å²) in [6.45, 7) is 3.19. The van der Waals surface area contributed by atoms with Gasteiger partial charge in [0, 0.05) is 19.0 Å². The summed E-state index contributed by atoms with van der Waals surface area (Å²) in [7, 11) is 0. The van der Waals surface area contributed by atoms with Crippen molar-refractivity contribution in [1.29, 1.82) is 0 Å².